The zero-order chi connectivity index (χ0) is 21.1. The van der Waals surface area contributed by atoms with Crippen LogP contribution in [-0.4, -0.2) is 35.7 Å². The number of nitrogens with zero attached hydrogens (tertiary/aromatic N) is 1. The van der Waals surface area contributed by atoms with Crippen molar-refractivity contribution >= 4 is 11.7 Å². The minimum Gasteiger partial charge on any atom is -0.507 e. The number of amides is 1. The lowest BCUT2D eigenvalue weighted by molar-refractivity contribution is -0.119. The van der Waals surface area contributed by atoms with Gasteiger partial charge in [0.2, 0.25) is 5.91 Å². The number of hydrogen-bond acceptors (Lipinski definition) is 6. The van der Waals surface area contributed by atoms with E-state index >= 15 is 0 Å². The van der Waals surface area contributed by atoms with Gasteiger partial charge in [-0.25, -0.2) is 4.98 Å². The smallest absolute Gasteiger partial charge is 0.217 e. The number of nitrogens with two attached hydrogens (primary N) is 1. The Bertz CT molecular complexity index is 921. The quantitative estimate of drug-likeness (QED) is 0.559. The second-order valence-electron chi connectivity index (χ2n) is 8.32. The lowest BCUT2D eigenvalue weighted by Gasteiger charge is -2.27. The second kappa shape index (κ2) is 8.92. The van der Waals surface area contributed by atoms with Crippen LogP contribution < -0.4 is 21.1 Å². The molecule has 1 amide bonds. The van der Waals surface area contributed by atoms with Gasteiger partial charge >= 0.3 is 0 Å². The molecule has 4 rings (SSSR count). The van der Waals surface area contributed by atoms with Crippen LogP contribution >= 0.6 is 0 Å². The standard InChI is InChI=1S/C23H30N4O3/c1-14(28)26-12-18-17(16-4-3-9-25-11-16)10-19(27-23(18)24)22-20(29)5-2-6-21(22)30-13-15-7-8-15/h2,5-6,10,15-16,25,29H,3-4,7-9,11-13H2,1H3,(H2,24,27)(H,26,28). The maximum atomic E-state index is 11.5. The van der Waals surface area contributed by atoms with Gasteiger partial charge in [0.05, 0.1) is 17.9 Å². The highest BCUT2D eigenvalue weighted by molar-refractivity contribution is 5.76. The van der Waals surface area contributed by atoms with E-state index in [9.17, 15) is 9.90 Å². The van der Waals surface area contributed by atoms with Crippen LogP contribution in [0.2, 0.25) is 0 Å². The van der Waals surface area contributed by atoms with E-state index in [4.69, 9.17) is 10.5 Å². The fraction of sp³-hybridized carbons (Fsp3) is 0.478. The van der Waals surface area contributed by atoms with E-state index in [-0.39, 0.29) is 17.6 Å². The van der Waals surface area contributed by atoms with Crippen LogP contribution in [0.5, 0.6) is 11.5 Å². The summed E-state index contributed by atoms with van der Waals surface area (Å²) < 4.78 is 6.02. The monoisotopic (exact) mass is 410 g/mol. The summed E-state index contributed by atoms with van der Waals surface area (Å²) in [7, 11) is 0. The zero-order valence-corrected chi connectivity index (χ0v) is 17.4. The molecule has 1 aromatic heterocycles. The number of carbonyl (C=O) groups is 1. The highest BCUT2D eigenvalue weighted by atomic mass is 16.5. The number of aromatic hydroxyl groups is 1. The van der Waals surface area contributed by atoms with Crippen LogP contribution in [0.25, 0.3) is 11.3 Å². The molecule has 2 aliphatic rings. The summed E-state index contributed by atoms with van der Waals surface area (Å²) >= 11 is 0. The van der Waals surface area contributed by atoms with Gasteiger partial charge < -0.3 is 26.2 Å². The molecule has 2 aromatic rings. The number of phenols is 1. The van der Waals surface area contributed by atoms with Gasteiger partial charge in [0, 0.05) is 25.6 Å². The second-order valence-corrected chi connectivity index (χ2v) is 8.32. The average molecular weight is 411 g/mol. The minimum absolute atomic E-state index is 0.109. The third-order valence-corrected chi connectivity index (χ3v) is 5.87. The molecular formula is C23H30N4O3. The van der Waals surface area contributed by atoms with Crippen molar-refractivity contribution in [1.82, 2.24) is 15.6 Å². The number of pyridine rings is 1. The third kappa shape index (κ3) is 4.67. The van der Waals surface area contributed by atoms with E-state index in [1.165, 1.54) is 19.8 Å². The van der Waals surface area contributed by atoms with Crippen LogP contribution in [0.4, 0.5) is 5.82 Å². The van der Waals surface area contributed by atoms with E-state index in [1.807, 2.05) is 12.1 Å². The maximum Gasteiger partial charge on any atom is 0.217 e. The number of rotatable bonds is 7. The maximum absolute atomic E-state index is 11.5. The van der Waals surface area contributed by atoms with Crippen LogP contribution in [0.15, 0.2) is 24.3 Å². The molecule has 7 heteroatoms. The molecule has 1 aliphatic heterocycles. The van der Waals surface area contributed by atoms with Gasteiger partial charge in [-0.05, 0) is 67.8 Å². The highest BCUT2D eigenvalue weighted by Gasteiger charge is 2.25. The number of phenolic OH excluding ortho intramolecular Hbond substituents is 1. The van der Waals surface area contributed by atoms with Gasteiger partial charge in [-0.3, -0.25) is 4.79 Å². The number of aromatic nitrogens is 1. The fourth-order valence-electron chi connectivity index (χ4n) is 4.02. The Morgan fingerprint density at radius 3 is 2.90 bits per heavy atom. The van der Waals surface area contributed by atoms with Crippen molar-refractivity contribution in [2.45, 2.75) is 45.1 Å². The van der Waals surface area contributed by atoms with E-state index in [0.29, 0.717) is 41.9 Å². The van der Waals surface area contributed by atoms with Crippen molar-refractivity contribution in [3.8, 4) is 22.8 Å². The van der Waals surface area contributed by atoms with Crippen LogP contribution in [-0.2, 0) is 11.3 Å². The Morgan fingerprint density at radius 1 is 1.37 bits per heavy atom. The molecule has 1 aliphatic carbocycles. The van der Waals surface area contributed by atoms with Crippen molar-refractivity contribution in [3.63, 3.8) is 0 Å². The van der Waals surface area contributed by atoms with E-state index in [1.54, 1.807) is 12.1 Å². The number of piperidine rings is 1. The van der Waals surface area contributed by atoms with Crippen molar-refractivity contribution in [1.29, 1.82) is 0 Å². The molecule has 1 saturated carbocycles. The first-order valence-corrected chi connectivity index (χ1v) is 10.7. The number of anilines is 1. The lowest BCUT2D eigenvalue weighted by Crippen LogP contribution is -2.30. The molecule has 5 N–H and O–H groups in total. The molecule has 7 nitrogen and oxygen atoms in total. The molecular weight excluding hydrogens is 380 g/mol. The lowest BCUT2D eigenvalue weighted by atomic mass is 9.87. The molecule has 0 radical (unpaired) electrons. The van der Waals surface area contributed by atoms with Gasteiger partial charge in [-0.2, -0.15) is 0 Å². The van der Waals surface area contributed by atoms with Crippen molar-refractivity contribution < 1.29 is 14.6 Å². The summed E-state index contributed by atoms with van der Waals surface area (Å²) in [6.07, 6.45) is 4.49. The van der Waals surface area contributed by atoms with E-state index < -0.39 is 0 Å². The molecule has 1 aromatic carbocycles. The summed E-state index contributed by atoms with van der Waals surface area (Å²) in [6, 6.07) is 7.29. The number of nitrogen functional groups attached to an aromatic ring is 1. The van der Waals surface area contributed by atoms with Crippen LogP contribution in [0.3, 0.4) is 0 Å². The van der Waals surface area contributed by atoms with Crippen molar-refractivity contribution in [2.75, 3.05) is 25.4 Å². The minimum atomic E-state index is -0.109. The van der Waals surface area contributed by atoms with Crippen molar-refractivity contribution in [3.05, 3.63) is 35.4 Å². The summed E-state index contributed by atoms with van der Waals surface area (Å²) in [4.78, 5) is 16.1. The van der Waals surface area contributed by atoms with Gasteiger partial charge in [0.25, 0.3) is 0 Å². The molecule has 0 spiro atoms. The fourth-order valence-corrected chi connectivity index (χ4v) is 4.02. The van der Waals surface area contributed by atoms with Gasteiger partial charge in [0.1, 0.15) is 17.3 Å². The van der Waals surface area contributed by atoms with Crippen LogP contribution in [0, 0.1) is 5.92 Å². The number of nitrogens with one attached hydrogen (secondary N) is 2. The summed E-state index contributed by atoms with van der Waals surface area (Å²) in [5, 5.41) is 16.9. The molecule has 1 unspecified atom stereocenters. The summed E-state index contributed by atoms with van der Waals surface area (Å²) in [6.45, 7) is 4.33. The zero-order valence-electron chi connectivity index (χ0n) is 17.4. The predicted octanol–water partition coefficient (Wildman–Crippen LogP) is 2.93. The molecule has 2 heterocycles. The average Bonchev–Trinajstić information content (AvgIpc) is 3.56. The SMILES string of the molecule is CC(=O)NCc1c(C2CCCNC2)cc(-c2c(O)cccc2OCC2CC2)nc1N. The third-order valence-electron chi connectivity index (χ3n) is 5.87. The summed E-state index contributed by atoms with van der Waals surface area (Å²) in [5.41, 5.74) is 9.46. The van der Waals surface area contributed by atoms with E-state index in [0.717, 1.165) is 37.1 Å². The van der Waals surface area contributed by atoms with Crippen molar-refractivity contribution in [2.24, 2.45) is 5.92 Å². The molecule has 0 bridgehead atoms. The Morgan fingerprint density at radius 2 is 2.20 bits per heavy atom. The largest absolute Gasteiger partial charge is 0.507 e. The topological polar surface area (TPSA) is 110 Å². The molecule has 2 fully saturated rings. The number of carbonyl (C=O) groups excluding carboxylic acids is 1. The molecule has 1 atom stereocenters. The Kier molecular flexibility index (Phi) is 6.08. The molecule has 30 heavy (non-hydrogen) atoms. The van der Waals surface area contributed by atoms with Gasteiger partial charge in [-0.15, -0.1) is 0 Å². The molecule has 1 saturated heterocycles. The first-order chi connectivity index (χ1) is 14.5. The normalized spacial score (nSPS) is 18.8. The summed E-state index contributed by atoms with van der Waals surface area (Å²) in [5.74, 6) is 1.88. The van der Waals surface area contributed by atoms with Gasteiger partial charge in [0.15, 0.2) is 0 Å². The Labute approximate surface area is 177 Å². The van der Waals surface area contributed by atoms with Crippen LogP contribution in [0.1, 0.15) is 49.7 Å². The van der Waals surface area contributed by atoms with Gasteiger partial charge in [-0.1, -0.05) is 6.07 Å². The number of benzene rings is 1. The predicted molar refractivity (Wildman–Crippen MR) is 116 cm³/mol. The number of hydrogen-bond donors (Lipinski definition) is 4. The number of ether oxygens (including phenoxy) is 1. The highest BCUT2D eigenvalue weighted by Crippen LogP contribution is 2.41. The Hall–Kier alpha value is -2.80. The van der Waals surface area contributed by atoms with E-state index in [2.05, 4.69) is 15.6 Å². The Balaban J connectivity index is 1.75. The first-order valence-electron chi connectivity index (χ1n) is 10.7. The molecule has 160 valence electrons. The first kappa shape index (κ1) is 20.5.